The summed E-state index contributed by atoms with van der Waals surface area (Å²) in [6.45, 7) is 7.93. The minimum atomic E-state index is -0.599. The number of nitrogen functional groups attached to an aromatic ring is 1. The van der Waals surface area contributed by atoms with Crippen LogP contribution in [0, 0.1) is 15.5 Å². The number of hydrogen-bond acceptors (Lipinski definition) is 5. The molecule has 0 aliphatic rings. The van der Waals surface area contributed by atoms with Crippen molar-refractivity contribution in [2.24, 2.45) is 11.3 Å². The van der Waals surface area contributed by atoms with Crippen molar-refractivity contribution in [1.29, 1.82) is 0 Å². The molecule has 0 heterocycles. The average Bonchev–Trinajstić information content (AvgIpc) is 2.42. The molecule has 0 spiro atoms. The van der Waals surface area contributed by atoms with E-state index in [1.165, 1.54) is 17.0 Å². The maximum absolute atomic E-state index is 12.6. The van der Waals surface area contributed by atoms with E-state index in [0.29, 0.717) is 0 Å². The Bertz CT molecular complexity index is 552. The van der Waals surface area contributed by atoms with Crippen LogP contribution in [-0.2, 0) is 0 Å². The first-order valence-electron chi connectivity index (χ1n) is 6.62. The number of nitro benzene ring substituents is 1. The van der Waals surface area contributed by atoms with Crippen molar-refractivity contribution in [2.75, 3.05) is 12.5 Å². The van der Waals surface area contributed by atoms with Crippen LogP contribution in [-0.4, -0.2) is 28.8 Å². The summed E-state index contributed by atoms with van der Waals surface area (Å²) in [7, 11) is 1.64. The molecule has 0 radical (unpaired) electrons. The summed E-state index contributed by atoms with van der Waals surface area (Å²) >= 11 is 0. The fourth-order valence-corrected chi connectivity index (χ4v) is 1.98. The lowest BCUT2D eigenvalue weighted by Crippen LogP contribution is -2.43. The summed E-state index contributed by atoms with van der Waals surface area (Å²) in [4.78, 5) is 24.7. The van der Waals surface area contributed by atoms with E-state index in [1.54, 1.807) is 13.1 Å². The second kappa shape index (κ2) is 6.09. The predicted octanol–water partition coefficient (Wildman–Crippen LogP) is 2.39. The van der Waals surface area contributed by atoms with Gasteiger partial charge in [0.25, 0.3) is 5.91 Å². The van der Waals surface area contributed by atoms with Crippen LogP contribution in [0.4, 0.5) is 11.4 Å². The van der Waals surface area contributed by atoms with Gasteiger partial charge in [-0.25, -0.2) is 0 Å². The van der Waals surface area contributed by atoms with Crippen molar-refractivity contribution in [2.45, 2.75) is 33.7 Å². The molecule has 21 heavy (non-hydrogen) atoms. The maximum atomic E-state index is 12.6. The quantitative estimate of drug-likeness (QED) is 0.504. The summed E-state index contributed by atoms with van der Waals surface area (Å²) in [6, 6.07) is 4.37. The molecule has 0 saturated heterocycles. The second-order valence-corrected chi connectivity index (χ2v) is 6.06. The Kier molecular flexibility index (Phi) is 4.90. The Morgan fingerprint density at radius 2 is 2.00 bits per heavy atom. The molecule has 1 amide bonds. The molecule has 1 aromatic rings. The Balaban J connectivity index is 3.28. The van der Waals surface area contributed by atoms with Gasteiger partial charge in [-0.2, -0.15) is 0 Å². The van der Waals surface area contributed by atoms with E-state index in [9.17, 15) is 14.9 Å². The molecule has 7 heteroatoms. The number of carbonyl (C=O) groups is 1. The van der Waals surface area contributed by atoms with Crippen molar-refractivity contribution in [3.05, 3.63) is 33.9 Å². The van der Waals surface area contributed by atoms with Crippen LogP contribution in [0.5, 0.6) is 0 Å². The Morgan fingerprint density at radius 1 is 1.43 bits per heavy atom. The Labute approximate surface area is 124 Å². The molecule has 1 aromatic carbocycles. The van der Waals surface area contributed by atoms with Crippen LogP contribution in [0.25, 0.3) is 0 Å². The van der Waals surface area contributed by atoms with Crippen LogP contribution in [0.1, 0.15) is 38.1 Å². The topological polar surface area (TPSA) is 102 Å². The largest absolute Gasteiger partial charge is 0.338 e. The van der Waals surface area contributed by atoms with Gasteiger partial charge in [-0.1, -0.05) is 26.8 Å². The summed E-state index contributed by atoms with van der Waals surface area (Å²) in [5, 5.41) is 11.2. The molecule has 0 bridgehead atoms. The molecule has 1 atom stereocenters. The molecular weight excluding hydrogens is 272 g/mol. The molecule has 0 fully saturated rings. The van der Waals surface area contributed by atoms with Gasteiger partial charge in [0, 0.05) is 13.1 Å². The Morgan fingerprint density at radius 3 is 2.43 bits per heavy atom. The number of hydrogen-bond donors (Lipinski definition) is 2. The molecule has 3 N–H and O–H groups in total. The van der Waals surface area contributed by atoms with E-state index in [1.807, 2.05) is 27.7 Å². The van der Waals surface area contributed by atoms with Gasteiger partial charge in [0.1, 0.15) is 11.3 Å². The number of anilines is 1. The van der Waals surface area contributed by atoms with Crippen LogP contribution in [0.2, 0.25) is 0 Å². The number of rotatable bonds is 4. The number of amides is 1. The normalized spacial score (nSPS) is 12.7. The van der Waals surface area contributed by atoms with Gasteiger partial charge in [-0.15, -0.1) is 0 Å². The van der Waals surface area contributed by atoms with Gasteiger partial charge in [0.2, 0.25) is 0 Å². The molecule has 0 aliphatic heterocycles. The van der Waals surface area contributed by atoms with Gasteiger partial charge in [-0.05, 0) is 24.5 Å². The number of nitrogens with zero attached hydrogens (tertiary/aromatic N) is 2. The van der Waals surface area contributed by atoms with Crippen molar-refractivity contribution >= 4 is 17.3 Å². The molecule has 7 nitrogen and oxygen atoms in total. The zero-order valence-corrected chi connectivity index (χ0v) is 13.0. The number of hydrazine groups is 1. The van der Waals surface area contributed by atoms with Crippen LogP contribution < -0.4 is 11.3 Å². The van der Waals surface area contributed by atoms with Crippen molar-refractivity contribution in [3.8, 4) is 0 Å². The van der Waals surface area contributed by atoms with Gasteiger partial charge in [-0.3, -0.25) is 20.8 Å². The number of para-hydroxylation sites is 1. The SMILES string of the molecule is CC(N(C)C(=O)c1cccc(NN)c1[N+](=O)[O-])C(C)(C)C. The lowest BCUT2D eigenvalue weighted by molar-refractivity contribution is -0.384. The number of carbonyl (C=O) groups excluding carboxylic acids is 1. The average molecular weight is 294 g/mol. The van der Waals surface area contributed by atoms with E-state index >= 15 is 0 Å². The highest BCUT2D eigenvalue weighted by Gasteiger charge is 2.32. The monoisotopic (exact) mass is 294 g/mol. The number of nitrogens with two attached hydrogens (primary N) is 1. The highest BCUT2D eigenvalue weighted by Crippen LogP contribution is 2.31. The number of nitro groups is 1. The van der Waals surface area contributed by atoms with Gasteiger partial charge < -0.3 is 10.3 Å². The minimum absolute atomic E-state index is 0.0223. The highest BCUT2D eigenvalue weighted by molar-refractivity contribution is 6.00. The third kappa shape index (κ3) is 3.49. The highest BCUT2D eigenvalue weighted by atomic mass is 16.6. The second-order valence-electron chi connectivity index (χ2n) is 6.06. The predicted molar refractivity (Wildman–Crippen MR) is 81.9 cm³/mol. The molecule has 0 aromatic heterocycles. The van der Waals surface area contributed by atoms with Crippen molar-refractivity contribution < 1.29 is 9.72 Å². The van der Waals surface area contributed by atoms with Crippen LogP contribution >= 0.6 is 0 Å². The third-order valence-electron chi connectivity index (χ3n) is 3.76. The molecule has 0 saturated carbocycles. The first-order valence-corrected chi connectivity index (χ1v) is 6.62. The fraction of sp³-hybridized carbons (Fsp3) is 0.500. The molecule has 1 rings (SSSR count). The van der Waals surface area contributed by atoms with Gasteiger partial charge >= 0.3 is 5.69 Å². The fourth-order valence-electron chi connectivity index (χ4n) is 1.98. The lowest BCUT2D eigenvalue weighted by atomic mass is 9.87. The summed E-state index contributed by atoms with van der Waals surface area (Å²) < 4.78 is 0. The van der Waals surface area contributed by atoms with E-state index in [-0.39, 0.29) is 28.4 Å². The minimum Gasteiger partial charge on any atom is -0.338 e. The van der Waals surface area contributed by atoms with Crippen molar-refractivity contribution in [1.82, 2.24) is 4.90 Å². The van der Waals surface area contributed by atoms with Crippen LogP contribution in [0.3, 0.4) is 0 Å². The standard InChI is InChI=1S/C14H22N4O3/c1-9(14(2,3)4)17(5)13(19)10-7-6-8-11(16-15)12(10)18(20)21/h6-9,16H,15H2,1-5H3. The molecule has 1 unspecified atom stereocenters. The van der Waals surface area contributed by atoms with Gasteiger partial charge in [0.05, 0.1) is 4.92 Å². The first-order chi connectivity index (χ1) is 9.61. The van der Waals surface area contributed by atoms with E-state index in [4.69, 9.17) is 5.84 Å². The smallest absolute Gasteiger partial charge is 0.306 e. The number of benzene rings is 1. The summed E-state index contributed by atoms with van der Waals surface area (Å²) in [5.41, 5.74) is 1.95. The van der Waals surface area contributed by atoms with E-state index in [2.05, 4.69) is 5.43 Å². The maximum Gasteiger partial charge on any atom is 0.306 e. The van der Waals surface area contributed by atoms with E-state index in [0.717, 1.165) is 0 Å². The molecular formula is C14H22N4O3. The van der Waals surface area contributed by atoms with Gasteiger partial charge in [0.15, 0.2) is 0 Å². The first kappa shape index (κ1) is 16.9. The molecule has 0 aliphatic carbocycles. The molecule has 116 valence electrons. The Hall–Kier alpha value is -2.15. The lowest BCUT2D eigenvalue weighted by Gasteiger charge is -2.35. The summed E-state index contributed by atoms with van der Waals surface area (Å²) in [6.07, 6.45) is 0. The van der Waals surface area contributed by atoms with Crippen molar-refractivity contribution in [3.63, 3.8) is 0 Å². The number of nitrogens with one attached hydrogen (secondary N) is 1. The van der Waals surface area contributed by atoms with Crippen LogP contribution in [0.15, 0.2) is 18.2 Å². The zero-order chi connectivity index (χ0) is 16.4. The third-order valence-corrected chi connectivity index (χ3v) is 3.76. The zero-order valence-electron chi connectivity index (χ0n) is 13.0. The summed E-state index contributed by atoms with van der Waals surface area (Å²) in [5.74, 6) is 4.88. The van der Waals surface area contributed by atoms with E-state index < -0.39 is 10.8 Å².